The number of thiophene rings is 1. The van der Waals surface area contributed by atoms with Gasteiger partial charge in [-0.05, 0) is 48.4 Å². The van der Waals surface area contributed by atoms with Crippen LogP contribution in [0.4, 0.5) is 0 Å². The predicted molar refractivity (Wildman–Crippen MR) is 92.7 cm³/mol. The van der Waals surface area contributed by atoms with Crippen LogP contribution in [0.25, 0.3) is 10.1 Å². The van der Waals surface area contributed by atoms with Crippen molar-refractivity contribution in [2.45, 2.75) is 63.7 Å². The van der Waals surface area contributed by atoms with Gasteiger partial charge in [0.25, 0.3) is 0 Å². The zero-order chi connectivity index (χ0) is 14.5. The van der Waals surface area contributed by atoms with Gasteiger partial charge in [-0.3, -0.25) is 0 Å². The molecule has 1 aromatic carbocycles. The summed E-state index contributed by atoms with van der Waals surface area (Å²) in [6.07, 6.45) is 12.8. The van der Waals surface area contributed by atoms with Crippen LogP contribution in [-0.4, -0.2) is 7.11 Å². The Kier molecular flexibility index (Phi) is 5.18. The standard InChI is InChI=1S/C19H26OS/c1-20-17-12-11-16-13-18(21-19(16)14-17)15-9-7-5-3-2-4-6-8-10-15/h11-15H,2-10H2,1H3. The molecule has 1 aliphatic rings. The second kappa shape index (κ2) is 7.31. The van der Waals surface area contributed by atoms with Crippen LogP contribution in [0.3, 0.4) is 0 Å². The Labute approximate surface area is 132 Å². The molecular weight excluding hydrogens is 276 g/mol. The summed E-state index contributed by atoms with van der Waals surface area (Å²) >= 11 is 1.98. The third kappa shape index (κ3) is 3.79. The fourth-order valence-electron chi connectivity index (χ4n) is 3.45. The van der Waals surface area contributed by atoms with Gasteiger partial charge in [-0.1, -0.05) is 44.9 Å². The molecule has 1 aromatic heterocycles. The number of rotatable bonds is 2. The zero-order valence-corrected chi connectivity index (χ0v) is 13.9. The van der Waals surface area contributed by atoms with E-state index in [-0.39, 0.29) is 0 Å². The summed E-state index contributed by atoms with van der Waals surface area (Å²) in [5.74, 6) is 1.76. The van der Waals surface area contributed by atoms with Crippen molar-refractivity contribution in [1.29, 1.82) is 0 Å². The normalized spacial score (nSPS) is 18.7. The molecule has 0 radical (unpaired) electrons. The van der Waals surface area contributed by atoms with Crippen LogP contribution < -0.4 is 4.74 Å². The molecule has 0 spiro atoms. The van der Waals surface area contributed by atoms with E-state index < -0.39 is 0 Å². The number of hydrogen-bond donors (Lipinski definition) is 0. The first kappa shape index (κ1) is 14.9. The average molecular weight is 302 g/mol. The number of benzene rings is 1. The van der Waals surface area contributed by atoms with Crippen molar-refractivity contribution in [3.63, 3.8) is 0 Å². The highest BCUT2D eigenvalue weighted by Gasteiger charge is 2.15. The summed E-state index contributed by atoms with van der Waals surface area (Å²) in [6.45, 7) is 0. The smallest absolute Gasteiger partial charge is 0.120 e. The van der Waals surface area contributed by atoms with Gasteiger partial charge in [0, 0.05) is 9.58 Å². The van der Waals surface area contributed by atoms with Gasteiger partial charge in [0.15, 0.2) is 0 Å². The third-order valence-electron chi connectivity index (χ3n) is 4.75. The largest absolute Gasteiger partial charge is 0.497 e. The van der Waals surface area contributed by atoms with Crippen LogP contribution in [0.2, 0.25) is 0 Å². The van der Waals surface area contributed by atoms with Gasteiger partial charge in [0.1, 0.15) is 5.75 Å². The molecule has 2 heteroatoms. The monoisotopic (exact) mass is 302 g/mol. The van der Waals surface area contributed by atoms with Gasteiger partial charge in [0.2, 0.25) is 0 Å². The summed E-state index contributed by atoms with van der Waals surface area (Å²) in [5.41, 5.74) is 0. The van der Waals surface area contributed by atoms with Crippen molar-refractivity contribution in [3.8, 4) is 5.75 Å². The first-order valence-corrected chi connectivity index (χ1v) is 9.26. The Hall–Kier alpha value is -1.02. The number of hydrogen-bond acceptors (Lipinski definition) is 2. The Morgan fingerprint density at radius 3 is 2.24 bits per heavy atom. The van der Waals surface area contributed by atoms with Crippen molar-refractivity contribution in [1.82, 2.24) is 0 Å². The molecule has 2 aromatic rings. The minimum atomic E-state index is 0.784. The molecule has 3 rings (SSSR count). The Balaban J connectivity index is 1.79. The van der Waals surface area contributed by atoms with Gasteiger partial charge in [-0.15, -0.1) is 11.3 Å². The maximum absolute atomic E-state index is 5.35. The van der Waals surface area contributed by atoms with Gasteiger partial charge >= 0.3 is 0 Å². The zero-order valence-electron chi connectivity index (χ0n) is 13.1. The first-order valence-electron chi connectivity index (χ1n) is 8.44. The Bertz CT molecular complexity index is 562. The van der Waals surface area contributed by atoms with Crippen molar-refractivity contribution in [3.05, 3.63) is 29.1 Å². The van der Waals surface area contributed by atoms with Crippen molar-refractivity contribution >= 4 is 21.4 Å². The number of ether oxygens (including phenoxy) is 1. The highest BCUT2D eigenvalue weighted by molar-refractivity contribution is 7.19. The van der Waals surface area contributed by atoms with E-state index in [9.17, 15) is 0 Å². The van der Waals surface area contributed by atoms with Gasteiger partial charge in [0.05, 0.1) is 7.11 Å². The molecule has 0 atom stereocenters. The van der Waals surface area contributed by atoms with Crippen LogP contribution in [0.15, 0.2) is 24.3 Å². The summed E-state index contributed by atoms with van der Waals surface area (Å²) in [7, 11) is 1.75. The quantitative estimate of drug-likeness (QED) is 0.613. The van der Waals surface area contributed by atoms with E-state index in [1.54, 1.807) is 12.0 Å². The van der Waals surface area contributed by atoms with Crippen LogP contribution in [0.1, 0.15) is 68.6 Å². The maximum atomic E-state index is 5.35. The van der Waals surface area contributed by atoms with E-state index in [4.69, 9.17) is 4.74 Å². The molecule has 1 aliphatic carbocycles. The lowest BCUT2D eigenvalue weighted by Crippen LogP contribution is -1.99. The molecule has 0 aliphatic heterocycles. The number of methoxy groups -OCH3 is 1. The number of fused-ring (bicyclic) bond motifs is 1. The van der Waals surface area contributed by atoms with Crippen LogP contribution in [0, 0.1) is 0 Å². The molecular formula is C19H26OS. The SMILES string of the molecule is COc1ccc2cc(C3CCCCCCCCC3)sc2c1. The van der Waals surface area contributed by atoms with E-state index in [2.05, 4.69) is 24.3 Å². The molecule has 1 nitrogen and oxygen atoms in total. The second-order valence-electron chi connectivity index (χ2n) is 6.30. The van der Waals surface area contributed by atoms with Crippen molar-refractivity contribution in [2.24, 2.45) is 0 Å². The molecule has 0 N–H and O–H groups in total. The second-order valence-corrected chi connectivity index (χ2v) is 7.42. The minimum Gasteiger partial charge on any atom is -0.497 e. The minimum absolute atomic E-state index is 0.784. The van der Waals surface area contributed by atoms with E-state index in [1.807, 2.05) is 11.3 Å². The van der Waals surface area contributed by atoms with Crippen molar-refractivity contribution < 1.29 is 4.74 Å². The summed E-state index contributed by atoms with van der Waals surface area (Å²) in [6, 6.07) is 8.89. The van der Waals surface area contributed by atoms with Gasteiger partial charge in [-0.25, -0.2) is 0 Å². The summed E-state index contributed by atoms with van der Waals surface area (Å²) in [5, 5.41) is 1.38. The van der Waals surface area contributed by atoms with Crippen LogP contribution in [-0.2, 0) is 0 Å². The molecule has 0 amide bonds. The molecule has 1 heterocycles. The highest BCUT2D eigenvalue weighted by Crippen LogP contribution is 2.38. The molecule has 1 fully saturated rings. The maximum Gasteiger partial charge on any atom is 0.120 e. The van der Waals surface area contributed by atoms with E-state index in [1.165, 1.54) is 67.9 Å². The Morgan fingerprint density at radius 1 is 0.905 bits per heavy atom. The Morgan fingerprint density at radius 2 is 1.57 bits per heavy atom. The van der Waals surface area contributed by atoms with E-state index in [0.717, 1.165) is 11.7 Å². The summed E-state index contributed by atoms with van der Waals surface area (Å²) in [4.78, 5) is 1.60. The molecule has 0 bridgehead atoms. The molecule has 1 saturated carbocycles. The lowest BCUT2D eigenvalue weighted by atomic mass is 9.91. The fourth-order valence-corrected chi connectivity index (χ4v) is 4.72. The topological polar surface area (TPSA) is 9.23 Å². The van der Waals surface area contributed by atoms with E-state index in [0.29, 0.717) is 0 Å². The fraction of sp³-hybridized carbons (Fsp3) is 0.579. The lowest BCUT2D eigenvalue weighted by molar-refractivity contribution is 0.415. The molecule has 21 heavy (non-hydrogen) atoms. The molecule has 114 valence electrons. The lowest BCUT2D eigenvalue weighted by Gasteiger charge is -2.17. The predicted octanol–water partition coefficient (Wildman–Crippen LogP) is 6.52. The first-order chi connectivity index (χ1) is 10.4. The van der Waals surface area contributed by atoms with Crippen LogP contribution in [0.5, 0.6) is 5.75 Å². The summed E-state index contributed by atoms with van der Waals surface area (Å²) < 4.78 is 6.73. The van der Waals surface area contributed by atoms with Crippen molar-refractivity contribution in [2.75, 3.05) is 7.11 Å². The van der Waals surface area contributed by atoms with Crippen LogP contribution >= 0.6 is 11.3 Å². The molecule has 0 saturated heterocycles. The molecule has 0 unspecified atom stereocenters. The van der Waals surface area contributed by atoms with E-state index >= 15 is 0 Å². The average Bonchev–Trinajstić information content (AvgIpc) is 2.95. The highest BCUT2D eigenvalue weighted by atomic mass is 32.1. The van der Waals surface area contributed by atoms with Gasteiger partial charge in [-0.2, -0.15) is 0 Å². The van der Waals surface area contributed by atoms with Gasteiger partial charge < -0.3 is 4.74 Å². The third-order valence-corrected chi connectivity index (χ3v) is 6.01.